The predicted octanol–water partition coefficient (Wildman–Crippen LogP) is 2.77. The average molecular weight is 393 g/mol. The van der Waals surface area contributed by atoms with Crippen molar-refractivity contribution in [2.24, 2.45) is 7.05 Å². The van der Waals surface area contributed by atoms with Gasteiger partial charge in [-0.3, -0.25) is 4.79 Å². The van der Waals surface area contributed by atoms with Crippen molar-refractivity contribution in [1.29, 1.82) is 0 Å². The number of fused-ring (bicyclic) bond motifs is 1. The Labute approximate surface area is 165 Å². The van der Waals surface area contributed by atoms with Crippen molar-refractivity contribution in [2.45, 2.75) is 6.42 Å². The summed E-state index contributed by atoms with van der Waals surface area (Å²) in [5.41, 5.74) is 0.274. The largest absolute Gasteiger partial charge is 0.493 e. The first-order chi connectivity index (χ1) is 14.1. The Kier molecular flexibility index (Phi) is 4.90. The molecule has 0 fully saturated rings. The number of furan rings is 1. The second-order valence-corrected chi connectivity index (χ2v) is 6.46. The van der Waals surface area contributed by atoms with E-state index in [0.717, 1.165) is 11.5 Å². The number of ether oxygens (including phenoxy) is 1. The molecule has 4 aromatic rings. The zero-order valence-corrected chi connectivity index (χ0v) is 16.0. The number of nitrogens with one attached hydrogen (secondary N) is 1. The summed E-state index contributed by atoms with van der Waals surface area (Å²) < 4.78 is 17.7. The van der Waals surface area contributed by atoms with Gasteiger partial charge in [-0.15, -0.1) is 0 Å². The second-order valence-electron chi connectivity index (χ2n) is 6.46. The van der Waals surface area contributed by atoms with Crippen LogP contribution in [0.5, 0.6) is 5.75 Å². The zero-order chi connectivity index (χ0) is 20.4. The molecule has 8 nitrogen and oxygen atoms in total. The maximum absolute atomic E-state index is 12.5. The molecule has 0 aliphatic heterocycles. The van der Waals surface area contributed by atoms with Gasteiger partial charge in [-0.1, -0.05) is 12.1 Å². The normalized spacial score (nSPS) is 11.0. The van der Waals surface area contributed by atoms with Crippen LogP contribution < -0.4 is 15.7 Å². The van der Waals surface area contributed by atoms with Gasteiger partial charge in [0, 0.05) is 31.6 Å². The van der Waals surface area contributed by atoms with Crippen LogP contribution in [0.2, 0.25) is 0 Å². The third kappa shape index (κ3) is 3.64. The smallest absolute Gasteiger partial charge is 0.349 e. The van der Waals surface area contributed by atoms with Crippen LogP contribution in [-0.4, -0.2) is 29.1 Å². The zero-order valence-electron chi connectivity index (χ0n) is 16.0. The molecule has 0 aliphatic carbocycles. The number of benzene rings is 1. The number of carbonyl (C=O) groups excluding carboxylic acids is 1. The van der Waals surface area contributed by atoms with Gasteiger partial charge in [0.25, 0.3) is 5.91 Å². The van der Waals surface area contributed by atoms with Gasteiger partial charge in [-0.2, -0.15) is 0 Å². The van der Waals surface area contributed by atoms with Crippen molar-refractivity contribution in [3.05, 3.63) is 70.7 Å². The summed E-state index contributed by atoms with van der Waals surface area (Å²) in [6.45, 7) is 0.316. The number of methoxy groups -OCH3 is 1. The van der Waals surface area contributed by atoms with Crippen molar-refractivity contribution >= 4 is 16.9 Å². The molecule has 0 aliphatic rings. The minimum absolute atomic E-state index is 0.0538. The van der Waals surface area contributed by atoms with Gasteiger partial charge in [0.15, 0.2) is 17.1 Å². The van der Waals surface area contributed by atoms with Gasteiger partial charge in [0.2, 0.25) is 0 Å². The SMILES string of the molecule is COc1cccc2cc(C(=O)NCCc3nc(-c4ccco4)cn3C)c(=O)oc12. The molecular formula is C21H19N3O5. The summed E-state index contributed by atoms with van der Waals surface area (Å²) in [4.78, 5) is 29.3. The molecule has 0 saturated carbocycles. The number of aryl methyl sites for hydroxylation is 1. The number of para-hydroxylation sites is 1. The van der Waals surface area contributed by atoms with E-state index in [0.29, 0.717) is 35.4 Å². The van der Waals surface area contributed by atoms with E-state index in [9.17, 15) is 9.59 Å². The molecule has 8 heteroatoms. The third-order valence-corrected chi connectivity index (χ3v) is 4.57. The number of carbonyl (C=O) groups is 1. The number of hydrogen-bond donors (Lipinski definition) is 1. The van der Waals surface area contributed by atoms with Gasteiger partial charge in [0.05, 0.1) is 13.4 Å². The lowest BCUT2D eigenvalue weighted by atomic mass is 10.1. The van der Waals surface area contributed by atoms with Crippen LogP contribution in [0, 0.1) is 0 Å². The lowest BCUT2D eigenvalue weighted by Crippen LogP contribution is -2.30. The molecule has 148 valence electrons. The number of hydrogen-bond acceptors (Lipinski definition) is 6. The van der Waals surface area contributed by atoms with Crippen molar-refractivity contribution in [3.63, 3.8) is 0 Å². The Bertz CT molecular complexity index is 1220. The number of nitrogens with zero attached hydrogens (tertiary/aromatic N) is 2. The van der Waals surface area contributed by atoms with E-state index in [1.807, 2.05) is 23.9 Å². The molecule has 3 heterocycles. The number of rotatable bonds is 6. The number of imidazole rings is 1. The Balaban J connectivity index is 1.47. The maximum Gasteiger partial charge on any atom is 0.349 e. The molecule has 0 saturated heterocycles. The molecule has 3 aromatic heterocycles. The molecule has 1 amide bonds. The lowest BCUT2D eigenvalue weighted by molar-refractivity contribution is 0.0950. The topological polar surface area (TPSA) is 99.5 Å². The van der Waals surface area contributed by atoms with Crippen LogP contribution in [0.4, 0.5) is 0 Å². The molecule has 1 aromatic carbocycles. The van der Waals surface area contributed by atoms with E-state index >= 15 is 0 Å². The average Bonchev–Trinajstić information content (AvgIpc) is 3.37. The molecule has 0 radical (unpaired) electrons. The van der Waals surface area contributed by atoms with Crippen LogP contribution in [0.3, 0.4) is 0 Å². The first-order valence-electron chi connectivity index (χ1n) is 9.02. The summed E-state index contributed by atoms with van der Waals surface area (Å²) in [6.07, 6.45) is 3.95. The van der Waals surface area contributed by atoms with E-state index in [1.165, 1.54) is 13.2 Å². The monoisotopic (exact) mass is 393 g/mol. The van der Waals surface area contributed by atoms with Gasteiger partial charge >= 0.3 is 5.63 Å². The highest BCUT2D eigenvalue weighted by Crippen LogP contribution is 2.24. The lowest BCUT2D eigenvalue weighted by Gasteiger charge is -2.07. The Morgan fingerprint density at radius 2 is 2.14 bits per heavy atom. The van der Waals surface area contributed by atoms with E-state index in [4.69, 9.17) is 13.6 Å². The van der Waals surface area contributed by atoms with Gasteiger partial charge in [0.1, 0.15) is 17.1 Å². The molecular weight excluding hydrogens is 374 g/mol. The van der Waals surface area contributed by atoms with Crippen LogP contribution in [0.1, 0.15) is 16.2 Å². The Hall–Kier alpha value is -3.81. The second kappa shape index (κ2) is 7.67. The first-order valence-corrected chi connectivity index (χ1v) is 9.02. The number of aromatic nitrogens is 2. The van der Waals surface area contributed by atoms with Gasteiger partial charge < -0.3 is 23.5 Å². The Morgan fingerprint density at radius 3 is 2.90 bits per heavy atom. The van der Waals surface area contributed by atoms with Crippen LogP contribution >= 0.6 is 0 Å². The summed E-state index contributed by atoms with van der Waals surface area (Å²) in [5.74, 6) is 1.41. The fourth-order valence-corrected chi connectivity index (χ4v) is 3.10. The van der Waals surface area contributed by atoms with E-state index in [1.54, 1.807) is 30.5 Å². The van der Waals surface area contributed by atoms with Gasteiger partial charge in [-0.25, -0.2) is 9.78 Å². The minimum atomic E-state index is -0.711. The molecule has 0 bridgehead atoms. The van der Waals surface area contributed by atoms with E-state index < -0.39 is 11.5 Å². The summed E-state index contributed by atoms with van der Waals surface area (Å²) in [6, 6.07) is 10.3. The van der Waals surface area contributed by atoms with Crippen LogP contribution in [0.25, 0.3) is 22.4 Å². The molecule has 1 N–H and O–H groups in total. The summed E-state index contributed by atoms with van der Waals surface area (Å²) in [5, 5.41) is 3.36. The van der Waals surface area contributed by atoms with Crippen LogP contribution in [-0.2, 0) is 13.5 Å². The maximum atomic E-state index is 12.5. The molecule has 0 unspecified atom stereocenters. The molecule has 29 heavy (non-hydrogen) atoms. The molecule has 0 spiro atoms. The van der Waals surface area contributed by atoms with Gasteiger partial charge in [-0.05, 0) is 24.3 Å². The standard InChI is InChI=1S/C21H19N3O5/c1-24-12-15(16-7-4-10-28-16)23-18(24)8-9-22-20(25)14-11-13-5-3-6-17(27-2)19(13)29-21(14)26/h3-7,10-12H,8-9H2,1-2H3,(H,22,25). The Morgan fingerprint density at radius 1 is 1.28 bits per heavy atom. The van der Waals surface area contributed by atoms with E-state index in [2.05, 4.69) is 10.3 Å². The highest BCUT2D eigenvalue weighted by atomic mass is 16.5. The summed E-state index contributed by atoms with van der Waals surface area (Å²) >= 11 is 0. The number of amides is 1. The quantitative estimate of drug-likeness (QED) is 0.506. The molecule has 0 atom stereocenters. The third-order valence-electron chi connectivity index (χ3n) is 4.57. The van der Waals surface area contributed by atoms with Crippen LogP contribution in [0.15, 0.2) is 62.5 Å². The predicted molar refractivity (Wildman–Crippen MR) is 106 cm³/mol. The minimum Gasteiger partial charge on any atom is -0.493 e. The van der Waals surface area contributed by atoms with Crippen molar-refractivity contribution in [1.82, 2.24) is 14.9 Å². The molecule has 4 rings (SSSR count). The summed E-state index contributed by atoms with van der Waals surface area (Å²) in [7, 11) is 3.37. The first kappa shape index (κ1) is 18.5. The fourth-order valence-electron chi connectivity index (χ4n) is 3.10. The highest BCUT2D eigenvalue weighted by molar-refractivity contribution is 5.97. The highest BCUT2D eigenvalue weighted by Gasteiger charge is 2.16. The van der Waals surface area contributed by atoms with Crippen molar-refractivity contribution in [3.8, 4) is 17.2 Å². The van der Waals surface area contributed by atoms with Crippen molar-refractivity contribution < 1.29 is 18.4 Å². The van der Waals surface area contributed by atoms with Crippen molar-refractivity contribution in [2.75, 3.05) is 13.7 Å². The fraction of sp³-hybridized carbons (Fsp3) is 0.190. The van der Waals surface area contributed by atoms with E-state index in [-0.39, 0.29) is 5.56 Å².